The van der Waals surface area contributed by atoms with Crippen molar-refractivity contribution >= 4 is 45.5 Å². The van der Waals surface area contributed by atoms with Gasteiger partial charge in [0.15, 0.2) is 4.34 Å². The number of hydrogen-bond acceptors (Lipinski definition) is 7. The zero-order chi connectivity index (χ0) is 17.8. The number of hydrogen-bond donors (Lipinski definition) is 1. The first-order chi connectivity index (χ1) is 12.0. The Morgan fingerprint density at radius 1 is 1.16 bits per heavy atom. The molecule has 1 aromatic carbocycles. The smallest absolute Gasteiger partial charge is 0.231 e. The molecule has 0 atom stereocenters. The van der Waals surface area contributed by atoms with Crippen molar-refractivity contribution in [3.8, 4) is 11.3 Å². The van der Waals surface area contributed by atoms with E-state index in [2.05, 4.69) is 46.5 Å². The van der Waals surface area contributed by atoms with Crippen molar-refractivity contribution in [1.82, 2.24) is 15.2 Å². The molecule has 0 aliphatic carbocycles. The van der Waals surface area contributed by atoms with Crippen molar-refractivity contribution in [3.63, 3.8) is 0 Å². The van der Waals surface area contributed by atoms with Gasteiger partial charge in [0.2, 0.25) is 11.0 Å². The van der Waals surface area contributed by atoms with Crippen molar-refractivity contribution in [3.05, 3.63) is 39.7 Å². The summed E-state index contributed by atoms with van der Waals surface area (Å²) in [5.74, 6) is 0.837. The minimum absolute atomic E-state index is 0.0961. The maximum atomic E-state index is 12.4. The fourth-order valence-electron chi connectivity index (χ4n) is 2.28. The van der Waals surface area contributed by atoms with Crippen LogP contribution < -0.4 is 5.32 Å². The molecule has 0 spiro atoms. The van der Waals surface area contributed by atoms with E-state index in [0.29, 0.717) is 5.13 Å². The van der Waals surface area contributed by atoms with E-state index >= 15 is 0 Å². The highest BCUT2D eigenvalue weighted by Crippen LogP contribution is 2.29. The summed E-state index contributed by atoms with van der Waals surface area (Å²) in [4.78, 5) is 18.0. The summed E-state index contributed by atoms with van der Waals surface area (Å²) in [7, 11) is 0. The lowest BCUT2D eigenvalue weighted by Crippen LogP contribution is -2.14. The van der Waals surface area contributed by atoms with Gasteiger partial charge < -0.3 is 5.32 Å². The highest BCUT2D eigenvalue weighted by atomic mass is 32.2. The molecule has 1 N–H and O–H groups in total. The van der Waals surface area contributed by atoms with Crippen LogP contribution in [0.25, 0.3) is 11.3 Å². The van der Waals surface area contributed by atoms with Gasteiger partial charge in [-0.3, -0.25) is 4.79 Å². The third-order valence-corrected chi connectivity index (χ3v) is 6.20. The number of thiazole rings is 1. The molecule has 0 aliphatic heterocycles. The predicted octanol–water partition coefficient (Wildman–Crippen LogP) is 4.57. The molecule has 2 aromatic heterocycles. The summed E-state index contributed by atoms with van der Waals surface area (Å²) in [6.45, 7) is 6.07. The Morgan fingerprint density at radius 3 is 2.64 bits per heavy atom. The molecule has 5 nitrogen and oxygen atoms in total. The molecule has 0 bridgehead atoms. The maximum Gasteiger partial charge on any atom is 0.231 e. The number of nitrogens with one attached hydrogen (secondary N) is 1. The average molecular weight is 391 g/mol. The highest BCUT2D eigenvalue weighted by Gasteiger charge is 2.16. The summed E-state index contributed by atoms with van der Waals surface area (Å²) in [5.41, 5.74) is 3.12. The number of benzene rings is 1. The first-order valence-electron chi connectivity index (χ1n) is 7.84. The van der Waals surface area contributed by atoms with Crippen LogP contribution in [0.2, 0.25) is 0 Å². The van der Waals surface area contributed by atoms with E-state index in [-0.39, 0.29) is 12.3 Å². The third kappa shape index (κ3) is 4.65. The molecule has 0 aliphatic rings. The number of anilines is 1. The highest BCUT2D eigenvalue weighted by molar-refractivity contribution is 8.01. The predicted molar refractivity (Wildman–Crippen MR) is 106 cm³/mol. The molecule has 0 fully saturated rings. The monoisotopic (exact) mass is 390 g/mol. The van der Waals surface area contributed by atoms with Gasteiger partial charge in [0.1, 0.15) is 0 Å². The molecule has 25 heavy (non-hydrogen) atoms. The van der Waals surface area contributed by atoms with Crippen LogP contribution in [-0.2, 0) is 11.2 Å². The first-order valence-corrected chi connectivity index (χ1v) is 10.5. The van der Waals surface area contributed by atoms with Gasteiger partial charge in [-0.05, 0) is 19.6 Å². The summed E-state index contributed by atoms with van der Waals surface area (Å²) in [6, 6.07) is 8.21. The Balaban J connectivity index is 1.73. The normalized spacial score (nSPS) is 10.8. The second kappa shape index (κ2) is 8.07. The van der Waals surface area contributed by atoms with Gasteiger partial charge in [0.05, 0.1) is 17.1 Å². The number of rotatable bonds is 6. The van der Waals surface area contributed by atoms with Gasteiger partial charge >= 0.3 is 0 Å². The molecular weight excluding hydrogens is 372 g/mol. The van der Waals surface area contributed by atoms with Crippen molar-refractivity contribution in [2.75, 3.05) is 11.1 Å². The van der Waals surface area contributed by atoms with Crippen LogP contribution in [-0.4, -0.2) is 26.8 Å². The van der Waals surface area contributed by atoms with Crippen LogP contribution in [0.1, 0.15) is 22.4 Å². The Labute approximate surface area is 158 Å². The fraction of sp³-hybridized carbons (Fsp3) is 0.294. The standard InChI is InChI=1S/C17H18N4OS3/c1-4-23-17-21-20-16(25-17)19-14(22)9-13-15(18-11(3)24-13)12-7-5-10(2)6-8-12/h5-8H,4,9H2,1-3H3,(H,19,20,22). The summed E-state index contributed by atoms with van der Waals surface area (Å²) < 4.78 is 0.867. The molecule has 0 saturated carbocycles. The molecule has 2 heterocycles. The van der Waals surface area contributed by atoms with Crippen LogP contribution >= 0.6 is 34.4 Å². The largest absolute Gasteiger partial charge is 0.300 e. The number of nitrogens with zero attached hydrogens (tertiary/aromatic N) is 3. The van der Waals surface area contributed by atoms with Crippen molar-refractivity contribution < 1.29 is 4.79 Å². The Hall–Kier alpha value is -1.77. The van der Waals surface area contributed by atoms with E-state index < -0.39 is 0 Å². The first kappa shape index (κ1) is 18.0. The van der Waals surface area contributed by atoms with E-state index in [0.717, 1.165) is 31.2 Å². The maximum absolute atomic E-state index is 12.4. The molecule has 1 amide bonds. The number of aromatic nitrogens is 3. The van der Waals surface area contributed by atoms with Crippen molar-refractivity contribution in [1.29, 1.82) is 0 Å². The van der Waals surface area contributed by atoms with Crippen LogP contribution in [0.5, 0.6) is 0 Å². The lowest BCUT2D eigenvalue weighted by molar-refractivity contribution is -0.115. The van der Waals surface area contributed by atoms with E-state index in [1.54, 1.807) is 23.1 Å². The van der Waals surface area contributed by atoms with Crippen LogP contribution in [0.15, 0.2) is 28.6 Å². The molecule has 0 saturated heterocycles. The van der Waals surface area contributed by atoms with Gasteiger partial charge in [0.25, 0.3) is 0 Å². The Morgan fingerprint density at radius 2 is 1.92 bits per heavy atom. The third-order valence-electron chi connectivity index (χ3n) is 3.37. The minimum atomic E-state index is -0.0961. The SMILES string of the molecule is CCSc1nnc(NC(=O)Cc2sc(C)nc2-c2ccc(C)cc2)s1. The summed E-state index contributed by atoms with van der Waals surface area (Å²) in [5, 5.41) is 12.4. The van der Waals surface area contributed by atoms with Gasteiger partial charge in [0, 0.05) is 10.4 Å². The molecule has 0 radical (unpaired) electrons. The van der Waals surface area contributed by atoms with Gasteiger partial charge in [-0.25, -0.2) is 4.98 Å². The number of carbonyl (C=O) groups is 1. The van der Waals surface area contributed by atoms with Gasteiger partial charge in [-0.2, -0.15) is 0 Å². The fourth-order valence-corrected chi connectivity index (χ4v) is 4.90. The number of thioether (sulfide) groups is 1. The zero-order valence-electron chi connectivity index (χ0n) is 14.2. The van der Waals surface area contributed by atoms with E-state index in [1.165, 1.54) is 16.9 Å². The topological polar surface area (TPSA) is 67.8 Å². The second-order valence-electron chi connectivity index (χ2n) is 5.40. The molecular formula is C17H18N4OS3. The van der Waals surface area contributed by atoms with Crippen LogP contribution in [0, 0.1) is 13.8 Å². The summed E-state index contributed by atoms with van der Waals surface area (Å²) in [6.07, 6.45) is 0.282. The van der Waals surface area contributed by atoms with Crippen molar-refractivity contribution in [2.24, 2.45) is 0 Å². The van der Waals surface area contributed by atoms with Crippen molar-refractivity contribution in [2.45, 2.75) is 31.5 Å². The van der Waals surface area contributed by atoms with Crippen LogP contribution in [0.3, 0.4) is 0 Å². The molecule has 130 valence electrons. The second-order valence-corrected chi connectivity index (χ2v) is 9.18. The van der Waals surface area contributed by atoms with Crippen LogP contribution in [0.4, 0.5) is 5.13 Å². The van der Waals surface area contributed by atoms with Gasteiger partial charge in [-0.15, -0.1) is 21.5 Å². The number of aryl methyl sites for hydroxylation is 2. The lowest BCUT2D eigenvalue weighted by Gasteiger charge is -2.03. The van der Waals surface area contributed by atoms with E-state index in [1.807, 2.05) is 19.1 Å². The minimum Gasteiger partial charge on any atom is -0.300 e. The zero-order valence-corrected chi connectivity index (χ0v) is 16.6. The number of carbonyl (C=O) groups excluding carboxylic acids is 1. The number of amides is 1. The Bertz CT molecular complexity index is 870. The Kier molecular flexibility index (Phi) is 5.82. The molecule has 0 unspecified atom stereocenters. The van der Waals surface area contributed by atoms with E-state index in [9.17, 15) is 4.79 Å². The average Bonchev–Trinajstić information content (AvgIpc) is 3.15. The lowest BCUT2D eigenvalue weighted by atomic mass is 10.1. The molecule has 8 heteroatoms. The van der Waals surface area contributed by atoms with E-state index in [4.69, 9.17) is 0 Å². The molecule has 3 rings (SSSR count). The molecule has 3 aromatic rings. The quantitative estimate of drug-likeness (QED) is 0.493. The van der Waals surface area contributed by atoms with Gasteiger partial charge in [-0.1, -0.05) is 59.9 Å². The summed E-state index contributed by atoms with van der Waals surface area (Å²) >= 11 is 4.57.